The van der Waals surface area contributed by atoms with Crippen LogP contribution in [-0.2, 0) is 38.0 Å². The number of benzene rings is 2. The summed E-state index contributed by atoms with van der Waals surface area (Å²) in [4.78, 5) is 71.3. The Labute approximate surface area is 295 Å². The summed E-state index contributed by atoms with van der Waals surface area (Å²) < 4.78 is 38.0. The molecule has 2 saturated carbocycles. The predicted molar refractivity (Wildman–Crippen MR) is 179 cm³/mol. The van der Waals surface area contributed by atoms with Gasteiger partial charge in [-0.1, -0.05) is 43.3 Å². The highest BCUT2D eigenvalue weighted by Crippen LogP contribution is 2.68. The molecular weight excluding hydrogens is 658 g/mol. The lowest BCUT2D eigenvalue weighted by Gasteiger charge is -2.62. The number of ether oxygens (including phenoxy) is 6. The number of carbonyl (C=O) groups excluding carboxylic acids is 5. The van der Waals surface area contributed by atoms with Crippen LogP contribution >= 0.6 is 0 Å². The molecule has 2 bridgehead atoms. The Morgan fingerprint density at radius 1 is 0.745 bits per heavy atom. The molecule has 1 saturated heterocycles. The lowest BCUT2D eigenvalue weighted by Crippen LogP contribution is -2.77. The second kappa shape index (κ2) is 13.9. The van der Waals surface area contributed by atoms with Gasteiger partial charge in [-0.3, -0.25) is 14.6 Å². The topological polar surface area (TPSA) is 154 Å². The largest absolute Gasteiger partial charge is 0.461 e. The van der Waals surface area contributed by atoms with Gasteiger partial charge < -0.3 is 28.4 Å². The van der Waals surface area contributed by atoms with Gasteiger partial charge in [0, 0.05) is 32.2 Å². The van der Waals surface area contributed by atoms with Gasteiger partial charge >= 0.3 is 29.8 Å². The molecule has 268 valence electrons. The van der Waals surface area contributed by atoms with Crippen molar-refractivity contribution in [2.75, 3.05) is 6.61 Å². The zero-order valence-corrected chi connectivity index (χ0v) is 29.1. The van der Waals surface area contributed by atoms with E-state index >= 15 is 0 Å². The average molecular weight is 700 g/mol. The van der Waals surface area contributed by atoms with Crippen LogP contribution in [0.25, 0.3) is 0 Å². The van der Waals surface area contributed by atoms with E-state index in [2.05, 4.69) is 4.98 Å². The number of fused-ring (bicyclic) bond motifs is 1. The molecule has 1 aliphatic heterocycles. The van der Waals surface area contributed by atoms with E-state index in [0.29, 0.717) is 0 Å². The minimum Gasteiger partial charge on any atom is -0.461 e. The van der Waals surface area contributed by atoms with E-state index < -0.39 is 89.3 Å². The van der Waals surface area contributed by atoms with E-state index in [1.807, 2.05) is 20.8 Å². The van der Waals surface area contributed by atoms with Gasteiger partial charge in [0.2, 0.25) is 0 Å². The van der Waals surface area contributed by atoms with Crippen molar-refractivity contribution < 1.29 is 52.4 Å². The Hall–Kier alpha value is -5.10. The summed E-state index contributed by atoms with van der Waals surface area (Å²) in [5, 5.41) is 0. The van der Waals surface area contributed by atoms with Gasteiger partial charge in [0.15, 0.2) is 12.2 Å². The normalized spacial score (nSPS) is 30.2. The van der Waals surface area contributed by atoms with E-state index in [1.165, 1.54) is 32.3 Å². The third-order valence-corrected chi connectivity index (χ3v) is 10.5. The minimum absolute atomic E-state index is 0.138. The molecule has 12 heteroatoms. The first-order valence-corrected chi connectivity index (χ1v) is 16.9. The van der Waals surface area contributed by atoms with Crippen molar-refractivity contribution in [3.8, 4) is 0 Å². The van der Waals surface area contributed by atoms with Crippen LogP contribution in [-0.4, -0.2) is 77.1 Å². The van der Waals surface area contributed by atoms with Crippen LogP contribution in [0.3, 0.4) is 0 Å². The summed E-state index contributed by atoms with van der Waals surface area (Å²) in [5.74, 6) is -4.59. The number of pyridine rings is 1. The van der Waals surface area contributed by atoms with E-state index in [9.17, 15) is 24.0 Å². The van der Waals surface area contributed by atoms with Gasteiger partial charge in [-0.2, -0.15) is 0 Å². The first kappa shape index (κ1) is 35.7. The second-order valence-electron chi connectivity index (χ2n) is 14.0. The molecule has 2 aliphatic carbocycles. The van der Waals surface area contributed by atoms with Gasteiger partial charge in [-0.05, 0) is 69.0 Å². The molecule has 8 atom stereocenters. The quantitative estimate of drug-likeness (QED) is 0.215. The Bertz CT molecular complexity index is 1780. The molecule has 51 heavy (non-hydrogen) atoms. The fourth-order valence-electron chi connectivity index (χ4n) is 8.42. The molecule has 12 nitrogen and oxygen atoms in total. The Kier molecular flexibility index (Phi) is 9.73. The van der Waals surface area contributed by atoms with Crippen LogP contribution in [0, 0.1) is 17.3 Å². The Balaban J connectivity index is 1.59. The number of carbonyl (C=O) groups is 5. The third kappa shape index (κ3) is 6.48. The maximum absolute atomic E-state index is 14.1. The molecule has 0 amide bonds. The Morgan fingerprint density at radius 2 is 1.33 bits per heavy atom. The number of nitrogens with zero attached hydrogens (tertiary/aromatic N) is 1. The van der Waals surface area contributed by atoms with Crippen LogP contribution in [0.1, 0.15) is 78.5 Å². The van der Waals surface area contributed by atoms with E-state index in [0.717, 1.165) is 0 Å². The van der Waals surface area contributed by atoms with Crippen molar-refractivity contribution in [1.82, 2.24) is 4.98 Å². The van der Waals surface area contributed by atoms with Crippen molar-refractivity contribution >= 4 is 29.8 Å². The summed E-state index contributed by atoms with van der Waals surface area (Å²) >= 11 is 0. The van der Waals surface area contributed by atoms with Crippen LogP contribution in [0.2, 0.25) is 0 Å². The maximum Gasteiger partial charge on any atom is 0.339 e. The molecule has 3 aliphatic rings. The Morgan fingerprint density at radius 3 is 1.90 bits per heavy atom. The van der Waals surface area contributed by atoms with Crippen LogP contribution in [0.4, 0.5) is 0 Å². The predicted octanol–water partition coefficient (Wildman–Crippen LogP) is 5.15. The van der Waals surface area contributed by atoms with Crippen molar-refractivity contribution in [2.45, 2.75) is 83.1 Å². The monoisotopic (exact) mass is 699 g/mol. The molecule has 6 rings (SSSR count). The summed E-state index contributed by atoms with van der Waals surface area (Å²) in [6.07, 6.45) is -1.86. The second-order valence-corrected chi connectivity index (χ2v) is 14.0. The van der Waals surface area contributed by atoms with Gasteiger partial charge in [0.1, 0.15) is 24.2 Å². The zero-order chi connectivity index (χ0) is 36.6. The van der Waals surface area contributed by atoms with Crippen LogP contribution in [0.15, 0.2) is 85.2 Å². The summed E-state index contributed by atoms with van der Waals surface area (Å²) in [7, 11) is 0. The average Bonchev–Trinajstić information content (AvgIpc) is 3.37. The van der Waals surface area contributed by atoms with Gasteiger partial charge in [0.05, 0.1) is 27.9 Å². The summed E-state index contributed by atoms with van der Waals surface area (Å²) in [5.41, 5.74) is -3.52. The molecule has 0 radical (unpaired) electrons. The highest BCUT2D eigenvalue weighted by Gasteiger charge is 2.81. The van der Waals surface area contributed by atoms with Crippen molar-refractivity contribution in [3.05, 3.63) is 102 Å². The first-order valence-electron chi connectivity index (χ1n) is 16.9. The van der Waals surface area contributed by atoms with Gasteiger partial charge in [-0.25, -0.2) is 14.4 Å². The molecule has 0 N–H and O–H groups in total. The molecule has 3 fully saturated rings. The van der Waals surface area contributed by atoms with Crippen molar-refractivity contribution in [2.24, 2.45) is 17.3 Å². The van der Waals surface area contributed by atoms with Crippen molar-refractivity contribution in [1.29, 1.82) is 0 Å². The molecule has 2 aromatic carbocycles. The number of hydrogen-bond donors (Lipinski definition) is 0. The smallest absolute Gasteiger partial charge is 0.339 e. The minimum atomic E-state index is -1.79. The van der Waals surface area contributed by atoms with Crippen LogP contribution < -0.4 is 0 Å². The standard InChI is InChI=1S/C39H41NO11/c1-23-19-30(47-24(2)41)32(48-25(3)42)38(22-46-34(43)28-17-12-18-40-21-28)33(50-36(45)27-15-10-7-11-16-27)31(29-20-39(23,38)51-37(29,4)5)49-35(44)26-13-8-6-9-14-26/h6-18,21,23,29-33H,19-20,22H2,1-5H3/t23-,29+,30+,31-,32+,33-,38+,39+/m1/s1. The number of hydrogen-bond acceptors (Lipinski definition) is 12. The highest BCUT2D eigenvalue weighted by atomic mass is 16.6. The number of aromatic nitrogens is 1. The molecular formula is C39H41NO11. The number of esters is 5. The number of rotatable bonds is 9. The molecule has 0 unspecified atom stereocenters. The lowest BCUT2D eigenvalue weighted by atomic mass is 9.48. The highest BCUT2D eigenvalue weighted by molar-refractivity contribution is 5.91. The molecule has 1 spiro atoms. The van der Waals surface area contributed by atoms with E-state index in [-0.39, 0.29) is 29.5 Å². The summed E-state index contributed by atoms with van der Waals surface area (Å²) in [6.45, 7) is 7.51. The zero-order valence-electron chi connectivity index (χ0n) is 29.1. The fraction of sp³-hybridized carbons (Fsp3) is 0.436. The maximum atomic E-state index is 14.1. The first-order chi connectivity index (χ1) is 24.3. The van der Waals surface area contributed by atoms with Gasteiger partial charge in [-0.15, -0.1) is 0 Å². The summed E-state index contributed by atoms with van der Waals surface area (Å²) in [6, 6.07) is 19.7. The van der Waals surface area contributed by atoms with Gasteiger partial charge in [0.25, 0.3) is 0 Å². The van der Waals surface area contributed by atoms with E-state index in [4.69, 9.17) is 28.4 Å². The molecule has 1 aromatic heterocycles. The fourth-order valence-corrected chi connectivity index (χ4v) is 8.42. The lowest BCUT2D eigenvalue weighted by molar-refractivity contribution is -0.305. The molecule has 2 heterocycles. The SMILES string of the molecule is CC(=O)O[C@H]1C[C@@H](C)[C@@]23C[C@@H]([C@@H](OC(=O)c4ccccc4)[C@@H](OC(=O)c4ccccc4)[C@]2(COC(=O)c2cccnc2)[C@H]1OC(C)=O)C(C)(C)O3. The third-order valence-electron chi connectivity index (χ3n) is 10.5. The van der Waals surface area contributed by atoms with E-state index in [1.54, 1.807) is 66.7 Å². The van der Waals surface area contributed by atoms with Crippen LogP contribution in [0.5, 0.6) is 0 Å². The van der Waals surface area contributed by atoms with Crippen molar-refractivity contribution in [3.63, 3.8) is 0 Å². The molecule has 3 aromatic rings.